The molecule has 3 heterocycles. The minimum atomic E-state index is -3.48. The van der Waals surface area contributed by atoms with E-state index in [9.17, 15) is 22.8 Å². The molecule has 2 amide bonds. The summed E-state index contributed by atoms with van der Waals surface area (Å²) in [4.78, 5) is 39.2. The average molecular weight is 520 g/mol. The molecular weight excluding hydrogens is 494 g/mol. The molecule has 0 radical (unpaired) electrons. The van der Waals surface area contributed by atoms with Gasteiger partial charge in [0.15, 0.2) is 9.84 Å². The van der Waals surface area contributed by atoms with Gasteiger partial charge in [0.1, 0.15) is 17.9 Å². The summed E-state index contributed by atoms with van der Waals surface area (Å²) in [6.07, 6.45) is 5.27. The third-order valence-corrected chi connectivity index (χ3v) is 7.69. The van der Waals surface area contributed by atoms with Crippen LogP contribution in [0.3, 0.4) is 0 Å². The molecule has 10 heteroatoms. The second-order valence-corrected chi connectivity index (χ2v) is 11.2. The van der Waals surface area contributed by atoms with Crippen LogP contribution in [0.2, 0.25) is 0 Å². The number of nitrogens with zero attached hydrogens (tertiary/aromatic N) is 1. The lowest BCUT2D eigenvalue weighted by Crippen LogP contribution is -2.39. The van der Waals surface area contributed by atoms with Crippen LogP contribution in [0.15, 0.2) is 70.6 Å². The number of hydrogen-bond acceptors (Lipinski definition) is 6. The van der Waals surface area contributed by atoms with E-state index in [1.165, 1.54) is 10.6 Å². The van der Waals surface area contributed by atoms with Gasteiger partial charge in [0.05, 0.1) is 10.8 Å². The Morgan fingerprint density at radius 3 is 2.49 bits per heavy atom. The summed E-state index contributed by atoms with van der Waals surface area (Å²) in [5.74, 6) is -0.442. The molecule has 1 unspecified atom stereocenters. The predicted octanol–water partition coefficient (Wildman–Crippen LogP) is 3.04. The largest absolute Gasteiger partial charge is 0.488 e. The number of carbonyl (C=O) groups is 2. The Kier molecular flexibility index (Phi) is 6.20. The molecular formula is C27H25N3O6S. The first-order chi connectivity index (χ1) is 17.6. The highest BCUT2D eigenvalue weighted by molar-refractivity contribution is 7.90. The molecule has 190 valence electrons. The number of amides is 2. The van der Waals surface area contributed by atoms with E-state index in [4.69, 9.17) is 4.74 Å². The molecule has 1 saturated heterocycles. The van der Waals surface area contributed by atoms with Gasteiger partial charge in [0.25, 0.3) is 5.56 Å². The number of aryl methyl sites for hydroxylation is 1. The number of ether oxygens (including phenoxy) is 1. The lowest BCUT2D eigenvalue weighted by atomic mass is 9.90. The van der Waals surface area contributed by atoms with Crippen LogP contribution < -0.4 is 15.6 Å². The molecule has 0 bridgehead atoms. The third kappa shape index (κ3) is 4.79. The van der Waals surface area contributed by atoms with Crippen molar-refractivity contribution in [1.82, 2.24) is 14.9 Å². The Morgan fingerprint density at radius 1 is 1.03 bits per heavy atom. The molecule has 37 heavy (non-hydrogen) atoms. The normalized spacial score (nSPS) is 16.1. The molecule has 9 nitrogen and oxygen atoms in total. The maximum atomic E-state index is 12.5. The average Bonchev–Trinajstić information content (AvgIpc) is 3.35. The van der Waals surface area contributed by atoms with Gasteiger partial charge in [-0.25, -0.2) is 8.42 Å². The van der Waals surface area contributed by atoms with Crippen LogP contribution in [0, 0.1) is 0 Å². The van der Waals surface area contributed by atoms with Crippen LogP contribution in [-0.4, -0.2) is 36.0 Å². The van der Waals surface area contributed by atoms with Crippen LogP contribution in [0.4, 0.5) is 0 Å². The Balaban J connectivity index is 1.47. The third-order valence-electron chi connectivity index (χ3n) is 6.58. The first-order valence-corrected chi connectivity index (χ1v) is 13.6. The molecule has 2 aromatic carbocycles. The second kappa shape index (κ2) is 9.36. The van der Waals surface area contributed by atoms with Crippen molar-refractivity contribution in [3.8, 4) is 16.9 Å². The van der Waals surface area contributed by atoms with Crippen molar-refractivity contribution in [3.63, 3.8) is 0 Å². The number of H-pyrrole nitrogens is 1. The topological polar surface area (TPSA) is 127 Å². The van der Waals surface area contributed by atoms with Gasteiger partial charge in [0, 0.05) is 48.6 Å². The first-order valence-electron chi connectivity index (χ1n) is 11.7. The van der Waals surface area contributed by atoms with Crippen LogP contribution in [-0.2, 0) is 33.1 Å². The predicted molar refractivity (Wildman–Crippen MR) is 138 cm³/mol. The molecule has 1 fully saturated rings. The number of benzene rings is 2. The summed E-state index contributed by atoms with van der Waals surface area (Å²) in [5, 5.41) is 3.03. The van der Waals surface area contributed by atoms with Gasteiger partial charge in [-0.3, -0.25) is 19.7 Å². The summed E-state index contributed by atoms with van der Waals surface area (Å²) in [6.45, 7) is 0.197. The number of nitrogens with one attached hydrogen (secondary N) is 2. The first kappa shape index (κ1) is 24.5. The number of aromatic amines is 1. The van der Waals surface area contributed by atoms with Crippen molar-refractivity contribution >= 4 is 32.6 Å². The molecule has 2 aromatic heterocycles. The Bertz CT molecular complexity index is 1700. The Labute approximate surface area is 213 Å². The van der Waals surface area contributed by atoms with Gasteiger partial charge < -0.3 is 14.3 Å². The maximum Gasteiger partial charge on any atom is 0.274 e. The standard InChI is InChI=1S/C27H25N3O6S/c1-30-14-22(20-11-12-28-25(20)27(30)33)21-13-18(37(2,34)35)7-9-23(21)36-15-16-3-5-17(6-4-16)19-8-10-24(31)29-26(19)32/h3-7,9,11-14,19,28H,8,10,15H2,1-2H3,(H,29,31,32). The van der Waals surface area contributed by atoms with E-state index in [1.54, 1.807) is 37.6 Å². The molecule has 2 N–H and O–H groups in total. The molecule has 0 aliphatic carbocycles. The van der Waals surface area contributed by atoms with Gasteiger partial charge in [0.2, 0.25) is 11.8 Å². The molecule has 1 atom stereocenters. The van der Waals surface area contributed by atoms with E-state index in [0.29, 0.717) is 40.6 Å². The lowest BCUT2D eigenvalue weighted by Gasteiger charge is -2.21. The SMILES string of the molecule is Cn1cc(-c2cc(S(C)(=O)=O)ccc2OCc2ccc(C3CCC(=O)NC3=O)cc2)c2cc[nH]c2c1=O. The van der Waals surface area contributed by atoms with Crippen LogP contribution in [0.25, 0.3) is 22.0 Å². The molecule has 4 aromatic rings. The van der Waals surface area contributed by atoms with E-state index in [-0.39, 0.29) is 34.8 Å². The van der Waals surface area contributed by atoms with E-state index in [1.807, 2.05) is 24.3 Å². The second-order valence-electron chi connectivity index (χ2n) is 9.19. The molecule has 0 spiro atoms. The highest BCUT2D eigenvalue weighted by Gasteiger charge is 2.27. The molecule has 1 aliphatic rings. The van der Waals surface area contributed by atoms with E-state index < -0.39 is 9.84 Å². The molecule has 5 rings (SSSR count). The van der Waals surface area contributed by atoms with E-state index in [0.717, 1.165) is 17.4 Å². The fraction of sp³-hybridized carbons (Fsp3) is 0.222. The summed E-state index contributed by atoms with van der Waals surface area (Å²) < 4.78 is 32.2. The van der Waals surface area contributed by atoms with Crippen LogP contribution in [0.1, 0.15) is 29.9 Å². The minimum absolute atomic E-state index is 0.140. The smallest absolute Gasteiger partial charge is 0.274 e. The lowest BCUT2D eigenvalue weighted by molar-refractivity contribution is -0.134. The zero-order valence-electron chi connectivity index (χ0n) is 20.3. The highest BCUT2D eigenvalue weighted by Crippen LogP contribution is 2.36. The number of rotatable bonds is 6. The van der Waals surface area contributed by atoms with Crippen molar-refractivity contribution in [2.75, 3.05) is 6.26 Å². The van der Waals surface area contributed by atoms with Crippen LogP contribution in [0.5, 0.6) is 5.75 Å². The number of aromatic nitrogens is 2. The number of imide groups is 1. The number of pyridine rings is 1. The highest BCUT2D eigenvalue weighted by atomic mass is 32.2. The minimum Gasteiger partial charge on any atom is -0.488 e. The number of piperidine rings is 1. The van der Waals surface area contributed by atoms with E-state index in [2.05, 4.69) is 10.3 Å². The zero-order valence-corrected chi connectivity index (χ0v) is 21.1. The van der Waals surface area contributed by atoms with Gasteiger partial charge in [-0.05, 0) is 41.8 Å². The quantitative estimate of drug-likeness (QED) is 0.377. The number of carbonyl (C=O) groups excluding carboxylic acids is 2. The van der Waals surface area contributed by atoms with Crippen molar-refractivity contribution in [3.05, 3.63) is 82.4 Å². The Morgan fingerprint density at radius 2 is 1.78 bits per heavy atom. The monoisotopic (exact) mass is 519 g/mol. The Hall–Kier alpha value is -4.18. The van der Waals surface area contributed by atoms with Crippen molar-refractivity contribution in [1.29, 1.82) is 0 Å². The maximum absolute atomic E-state index is 12.5. The van der Waals surface area contributed by atoms with Gasteiger partial charge >= 0.3 is 0 Å². The summed E-state index contributed by atoms with van der Waals surface area (Å²) in [6, 6.07) is 13.9. The summed E-state index contributed by atoms with van der Waals surface area (Å²) >= 11 is 0. The number of sulfone groups is 1. The van der Waals surface area contributed by atoms with Gasteiger partial charge in [-0.15, -0.1) is 0 Å². The molecule has 0 saturated carbocycles. The number of fused-ring (bicyclic) bond motifs is 1. The summed E-state index contributed by atoms with van der Waals surface area (Å²) in [5.41, 5.74) is 3.10. The van der Waals surface area contributed by atoms with Gasteiger partial charge in [-0.1, -0.05) is 24.3 Å². The molecule has 1 aliphatic heterocycles. The van der Waals surface area contributed by atoms with Crippen molar-refractivity contribution in [2.24, 2.45) is 7.05 Å². The van der Waals surface area contributed by atoms with Gasteiger partial charge in [-0.2, -0.15) is 0 Å². The number of hydrogen-bond donors (Lipinski definition) is 2. The van der Waals surface area contributed by atoms with Crippen LogP contribution >= 0.6 is 0 Å². The van der Waals surface area contributed by atoms with Crippen molar-refractivity contribution in [2.45, 2.75) is 30.3 Å². The summed E-state index contributed by atoms with van der Waals surface area (Å²) in [7, 11) is -1.85. The van der Waals surface area contributed by atoms with E-state index >= 15 is 0 Å². The fourth-order valence-corrected chi connectivity index (χ4v) is 5.23. The van der Waals surface area contributed by atoms with Crippen molar-refractivity contribution < 1.29 is 22.7 Å². The zero-order chi connectivity index (χ0) is 26.3. The fourth-order valence-electron chi connectivity index (χ4n) is 4.58.